The number of hydrogen-bond acceptors (Lipinski definition) is 2. The van der Waals surface area contributed by atoms with Crippen LogP contribution in [0.2, 0.25) is 0 Å². The van der Waals surface area contributed by atoms with Crippen LogP contribution in [0.1, 0.15) is 25.8 Å². The van der Waals surface area contributed by atoms with E-state index in [2.05, 4.69) is 49.5 Å². The van der Waals surface area contributed by atoms with Gasteiger partial charge in [-0.25, -0.2) is 0 Å². The Morgan fingerprint density at radius 3 is 2.41 bits per heavy atom. The van der Waals surface area contributed by atoms with Gasteiger partial charge >= 0.3 is 0 Å². The van der Waals surface area contributed by atoms with Crippen molar-refractivity contribution in [3.63, 3.8) is 0 Å². The molecule has 17 heavy (non-hydrogen) atoms. The highest BCUT2D eigenvalue weighted by Crippen LogP contribution is 2.35. The van der Waals surface area contributed by atoms with Gasteiger partial charge in [-0.2, -0.15) is 0 Å². The molecule has 2 unspecified atom stereocenters. The molecule has 2 atom stereocenters. The van der Waals surface area contributed by atoms with E-state index in [9.17, 15) is 0 Å². The molecule has 0 aliphatic heterocycles. The second kappa shape index (κ2) is 6.77. The first-order valence-electron chi connectivity index (χ1n) is 6.40. The summed E-state index contributed by atoms with van der Waals surface area (Å²) in [5.41, 5.74) is 1.56. The molecular weight excluding hydrogens is 210 g/mol. The largest absolute Gasteiger partial charge is 0.384 e. The van der Waals surface area contributed by atoms with Gasteiger partial charge in [0.15, 0.2) is 0 Å². The van der Waals surface area contributed by atoms with E-state index in [1.165, 1.54) is 5.56 Å². The van der Waals surface area contributed by atoms with Gasteiger partial charge in [0, 0.05) is 25.7 Å². The summed E-state index contributed by atoms with van der Waals surface area (Å²) in [6.07, 6.45) is 1.11. The Kier molecular flexibility index (Phi) is 5.66. The Morgan fingerprint density at radius 1 is 1.29 bits per heavy atom. The molecule has 2 heteroatoms. The van der Waals surface area contributed by atoms with Gasteiger partial charge in [-0.15, -0.1) is 0 Å². The Hall–Kier alpha value is -0.860. The van der Waals surface area contributed by atoms with Crippen molar-refractivity contribution in [3.8, 4) is 0 Å². The minimum Gasteiger partial charge on any atom is -0.384 e. The van der Waals surface area contributed by atoms with Gasteiger partial charge in [-0.3, -0.25) is 0 Å². The smallest absolute Gasteiger partial charge is 0.0496 e. The fourth-order valence-corrected chi connectivity index (χ4v) is 2.73. The molecule has 0 amide bonds. The zero-order chi connectivity index (χ0) is 12.7. The van der Waals surface area contributed by atoms with E-state index >= 15 is 0 Å². The highest BCUT2D eigenvalue weighted by molar-refractivity contribution is 5.27. The maximum atomic E-state index is 5.35. The van der Waals surface area contributed by atoms with Crippen molar-refractivity contribution in [2.45, 2.75) is 25.7 Å². The average Bonchev–Trinajstić information content (AvgIpc) is 2.37. The lowest BCUT2D eigenvalue weighted by molar-refractivity contribution is 0.109. The molecule has 1 aromatic rings. The van der Waals surface area contributed by atoms with E-state index in [0.29, 0.717) is 5.92 Å². The topological polar surface area (TPSA) is 21.3 Å². The number of hydrogen-bond donors (Lipinski definition) is 1. The van der Waals surface area contributed by atoms with Crippen LogP contribution in [0.15, 0.2) is 30.3 Å². The summed E-state index contributed by atoms with van der Waals surface area (Å²) in [6, 6.07) is 10.8. The highest BCUT2D eigenvalue weighted by atomic mass is 16.5. The van der Waals surface area contributed by atoms with Gasteiger partial charge < -0.3 is 10.1 Å². The van der Waals surface area contributed by atoms with Gasteiger partial charge in [0.2, 0.25) is 0 Å². The summed E-state index contributed by atoms with van der Waals surface area (Å²) >= 11 is 0. The van der Waals surface area contributed by atoms with Crippen LogP contribution in [0.25, 0.3) is 0 Å². The highest BCUT2D eigenvalue weighted by Gasteiger charge is 2.35. The fraction of sp³-hybridized carbons (Fsp3) is 0.600. The molecule has 0 spiro atoms. The first kappa shape index (κ1) is 14.2. The van der Waals surface area contributed by atoms with Crippen molar-refractivity contribution in [2.75, 3.05) is 27.3 Å². The lowest BCUT2D eigenvalue weighted by atomic mass is 9.69. The van der Waals surface area contributed by atoms with Crippen molar-refractivity contribution in [1.82, 2.24) is 5.32 Å². The van der Waals surface area contributed by atoms with Crippen molar-refractivity contribution in [3.05, 3.63) is 35.9 Å². The molecule has 0 aliphatic rings. The normalized spacial score (nSPS) is 16.5. The molecule has 0 aromatic heterocycles. The summed E-state index contributed by atoms with van der Waals surface area (Å²) in [5, 5.41) is 3.34. The molecule has 0 bridgehead atoms. The summed E-state index contributed by atoms with van der Waals surface area (Å²) in [4.78, 5) is 0. The summed E-state index contributed by atoms with van der Waals surface area (Å²) < 4.78 is 5.35. The molecule has 1 N–H and O–H groups in total. The van der Waals surface area contributed by atoms with Crippen molar-refractivity contribution in [2.24, 2.45) is 5.92 Å². The Bertz CT molecular complexity index is 312. The first-order valence-corrected chi connectivity index (χ1v) is 6.40. The lowest BCUT2D eigenvalue weighted by Crippen LogP contribution is -2.43. The number of methoxy groups -OCH3 is 1. The van der Waals surface area contributed by atoms with Crippen molar-refractivity contribution in [1.29, 1.82) is 0 Å². The van der Waals surface area contributed by atoms with E-state index in [1.54, 1.807) is 7.11 Å². The van der Waals surface area contributed by atoms with Crippen LogP contribution < -0.4 is 5.32 Å². The molecule has 0 radical (unpaired) electrons. The predicted molar refractivity (Wildman–Crippen MR) is 73.4 cm³/mol. The maximum Gasteiger partial charge on any atom is 0.0496 e. The maximum absolute atomic E-state index is 5.35. The van der Waals surface area contributed by atoms with Crippen LogP contribution >= 0.6 is 0 Å². The number of benzene rings is 1. The molecule has 2 nitrogen and oxygen atoms in total. The number of ether oxygens (including phenoxy) is 1. The fourth-order valence-electron chi connectivity index (χ4n) is 2.73. The van der Waals surface area contributed by atoms with E-state index < -0.39 is 0 Å². The standard InChI is InChI=1S/C15H25NO/c1-5-15(12-16-3,13(2)11-17-4)14-9-7-6-8-10-14/h6-10,13,16H,5,11-12H2,1-4H3. The molecule has 0 aliphatic carbocycles. The average molecular weight is 235 g/mol. The Balaban J connectivity index is 3.08. The van der Waals surface area contributed by atoms with Gasteiger partial charge in [0.05, 0.1) is 0 Å². The van der Waals surface area contributed by atoms with E-state index in [1.807, 2.05) is 7.05 Å². The molecule has 0 fully saturated rings. The molecule has 96 valence electrons. The number of rotatable bonds is 7. The Morgan fingerprint density at radius 2 is 1.94 bits per heavy atom. The van der Waals surface area contributed by atoms with Crippen LogP contribution in [0, 0.1) is 5.92 Å². The molecule has 0 saturated heterocycles. The molecule has 1 rings (SSSR count). The van der Waals surface area contributed by atoms with E-state index in [-0.39, 0.29) is 5.41 Å². The van der Waals surface area contributed by atoms with Crippen LogP contribution in [-0.4, -0.2) is 27.3 Å². The van der Waals surface area contributed by atoms with Crippen molar-refractivity contribution >= 4 is 0 Å². The molecular formula is C15H25NO. The lowest BCUT2D eigenvalue weighted by Gasteiger charge is -2.39. The van der Waals surface area contributed by atoms with Gasteiger partial charge in [-0.05, 0) is 24.9 Å². The quantitative estimate of drug-likeness (QED) is 0.784. The third-order valence-electron chi connectivity index (χ3n) is 3.83. The van der Waals surface area contributed by atoms with Gasteiger partial charge in [-0.1, -0.05) is 44.2 Å². The number of nitrogens with one attached hydrogen (secondary N) is 1. The SMILES string of the molecule is CCC(CNC)(c1ccccc1)C(C)COC. The zero-order valence-electron chi connectivity index (χ0n) is 11.5. The molecule has 1 aromatic carbocycles. The van der Waals surface area contributed by atoms with Crippen LogP contribution in [-0.2, 0) is 10.2 Å². The monoisotopic (exact) mass is 235 g/mol. The minimum atomic E-state index is 0.159. The second-order valence-corrected chi connectivity index (χ2v) is 4.76. The van der Waals surface area contributed by atoms with Gasteiger partial charge in [0.25, 0.3) is 0 Å². The van der Waals surface area contributed by atoms with Gasteiger partial charge in [0.1, 0.15) is 0 Å². The van der Waals surface area contributed by atoms with Crippen LogP contribution in [0.3, 0.4) is 0 Å². The minimum absolute atomic E-state index is 0.159. The third kappa shape index (κ3) is 3.08. The second-order valence-electron chi connectivity index (χ2n) is 4.76. The van der Waals surface area contributed by atoms with Crippen LogP contribution in [0.4, 0.5) is 0 Å². The zero-order valence-corrected chi connectivity index (χ0v) is 11.5. The summed E-state index contributed by atoms with van der Waals surface area (Å²) in [5.74, 6) is 0.493. The first-order chi connectivity index (χ1) is 8.21. The van der Waals surface area contributed by atoms with Crippen molar-refractivity contribution < 1.29 is 4.74 Å². The Labute approximate surface area is 105 Å². The molecule has 0 saturated carbocycles. The third-order valence-corrected chi connectivity index (χ3v) is 3.83. The van der Waals surface area contributed by atoms with E-state index in [0.717, 1.165) is 19.6 Å². The van der Waals surface area contributed by atoms with E-state index in [4.69, 9.17) is 4.74 Å². The molecule has 0 heterocycles. The number of likely N-dealkylation sites (N-methyl/N-ethyl adjacent to an activating group) is 1. The summed E-state index contributed by atoms with van der Waals surface area (Å²) in [7, 11) is 3.80. The summed E-state index contributed by atoms with van der Waals surface area (Å²) in [6.45, 7) is 6.32. The van der Waals surface area contributed by atoms with Crippen LogP contribution in [0.5, 0.6) is 0 Å². The predicted octanol–water partition coefficient (Wildman–Crippen LogP) is 2.84.